The minimum atomic E-state index is 1.07. The van der Waals surface area contributed by atoms with E-state index in [4.69, 9.17) is 0 Å². The Morgan fingerprint density at radius 1 is 1.20 bits per heavy atom. The molecule has 2 rings (SSSR count). The molecule has 0 spiro atoms. The van der Waals surface area contributed by atoms with Gasteiger partial charge in [0, 0.05) is 29.3 Å². The summed E-state index contributed by atoms with van der Waals surface area (Å²) in [6.07, 6.45) is 5.81. The van der Waals surface area contributed by atoms with Crippen molar-refractivity contribution in [1.82, 2.24) is 4.98 Å². The first-order valence-electron chi connectivity index (χ1n) is 5.71. The lowest BCUT2D eigenvalue weighted by molar-refractivity contribution is 0.744. The first kappa shape index (κ1) is 10.1. The van der Waals surface area contributed by atoms with Gasteiger partial charge >= 0.3 is 0 Å². The molecule has 0 saturated carbocycles. The summed E-state index contributed by atoms with van der Waals surface area (Å²) in [5, 5.41) is 4.72. The monoisotopic (exact) mass is 202 g/mol. The second-order valence-corrected chi connectivity index (χ2v) is 3.91. The molecule has 80 valence electrons. The Kier molecular flexibility index (Phi) is 3.28. The van der Waals surface area contributed by atoms with Crippen LogP contribution in [0.5, 0.6) is 0 Å². The minimum absolute atomic E-state index is 1.07. The van der Waals surface area contributed by atoms with Gasteiger partial charge in [-0.05, 0) is 30.7 Å². The van der Waals surface area contributed by atoms with E-state index in [0.717, 1.165) is 6.54 Å². The summed E-state index contributed by atoms with van der Waals surface area (Å²) in [6.45, 7) is 3.30. The van der Waals surface area contributed by atoms with Crippen molar-refractivity contribution in [2.45, 2.75) is 26.2 Å². The third-order valence-electron chi connectivity index (χ3n) is 2.66. The van der Waals surface area contributed by atoms with Gasteiger partial charge in [0.15, 0.2) is 0 Å². The van der Waals surface area contributed by atoms with Gasteiger partial charge in [-0.3, -0.25) is 0 Å². The van der Waals surface area contributed by atoms with Gasteiger partial charge < -0.3 is 10.3 Å². The van der Waals surface area contributed by atoms with Crippen molar-refractivity contribution < 1.29 is 0 Å². The lowest BCUT2D eigenvalue weighted by Crippen LogP contribution is -2.00. The van der Waals surface area contributed by atoms with E-state index >= 15 is 0 Å². The van der Waals surface area contributed by atoms with Gasteiger partial charge in [0.25, 0.3) is 0 Å². The average Bonchev–Trinajstić information content (AvgIpc) is 2.71. The summed E-state index contributed by atoms with van der Waals surface area (Å²) >= 11 is 0. The minimum Gasteiger partial charge on any atom is -0.385 e. The Labute approximate surface area is 90.7 Å². The lowest BCUT2D eigenvalue weighted by atomic mass is 10.2. The predicted octanol–water partition coefficient (Wildman–Crippen LogP) is 3.77. The van der Waals surface area contributed by atoms with Crippen molar-refractivity contribution in [2.24, 2.45) is 0 Å². The molecule has 1 aromatic heterocycles. The number of aromatic nitrogens is 1. The van der Waals surface area contributed by atoms with Crippen LogP contribution >= 0.6 is 0 Å². The average molecular weight is 202 g/mol. The Hall–Kier alpha value is -1.44. The number of unbranched alkanes of at least 4 members (excludes halogenated alkanes) is 2. The second kappa shape index (κ2) is 4.87. The van der Waals surface area contributed by atoms with Gasteiger partial charge in [-0.1, -0.05) is 19.8 Å². The number of fused-ring (bicyclic) bond motifs is 1. The Bertz CT molecular complexity index is 417. The molecule has 0 aliphatic carbocycles. The molecule has 0 fully saturated rings. The number of nitrogens with one attached hydrogen (secondary N) is 2. The highest BCUT2D eigenvalue weighted by Gasteiger charge is 1.95. The number of hydrogen-bond acceptors (Lipinski definition) is 1. The Balaban J connectivity index is 1.96. The van der Waals surface area contributed by atoms with E-state index < -0.39 is 0 Å². The fraction of sp³-hybridized carbons (Fsp3) is 0.385. The quantitative estimate of drug-likeness (QED) is 0.710. The summed E-state index contributed by atoms with van der Waals surface area (Å²) in [6, 6.07) is 8.55. The number of H-pyrrole nitrogens is 1. The van der Waals surface area contributed by atoms with Crippen molar-refractivity contribution in [3.8, 4) is 0 Å². The van der Waals surface area contributed by atoms with E-state index in [0.29, 0.717) is 0 Å². The van der Waals surface area contributed by atoms with Crippen molar-refractivity contribution in [3.63, 3.8) is 0 Å². The van der Waals surface area contributed by atoms with Gasteiger partial charge in [0.1, 0.15) is 0 Å². The highest BCUT2D eigenvalue weighted by molar-refractivity contribution is 5.82. The van der Waals surface area contributed by atoms with Crippen molar-refractivity contribution in [3.05, 3.63) is 30.5 Å². The van der Waals surface area contributed by atoms with Crippen LogP contribution in [0.4, 0.5) is 5.69 Å². The first-order chi connectivity index (χ1) is 7.40. The van der Waals surface area contributed by atoms with Crippen LogP contribution in [0.15, 0.2) is 30.5 Å². The van der Waals surface area contributed by atoms with Gasteiger partial charge in [-0.2, -0.15) is 0 Å². The third kappa shape index (κ3) is 2.52. The zero-order chi connectivity index (χ0) is 10.5. The zero-order valence-electron chi connectivity index (χ0n) is 9.22. The Morgan fingerprint density at radius 3 is 3.00 bits per heavy atom. The molecule has 0 atom stereocenters. The lowest BCUT2D eigenvalue weighted by Gasteiger charge is -2.05. The molecule has 0 unspecified atom stereocenters. The highest BCUT2D eigenvalue weighted by atomic mass is 14.9. The molecule has 0 aliphatic heterocycles. The largest absolute Gasteiger partial charge is 0.385 e. The van der Waals surface area contributed by atoms with Gasteiger partial charge in [-0.15, -0.1) is 0 Å². The molecule has 0 bridgehead atoms. The number of benzene rings is 1. The topological polar surface area (TPSA) is 27.8 Å². The molecule has 2 N–H and O–H groups in total. The summed E-state index contributed by atoms with van der Waals surface area (Å²) in [5.41, 5.74) is 2.42. The maximum Gasteiger partial charge on any atom is 0.0455 e. The van der Waals surface area contributed by atoms with Gasteiger partial charge in [0.2, 0.25) is 0 Å². The molecule has 2 aromatic rings. The standard InChI is InChI=1S/C13H18N2/c1-2-3-4-8-14-12-5-6-13-11(10-12)7-9-15-13/h5-7,9-10,14-15H,2-4,8H2,1H3. The van der Waals surface area contributed by atoms with Gasteiger partial charge in [0.05, 0.1) is 0 Å². The van der Waals surface area contributed by atoms with Crippen LogP contribution in [-0.4, -0.2) is 11.5 Å². The number of rotatable bonds is 5. The van der Waals surface area contributed by atoms with Crippen LogP contribution in [0, 0.1) is 0 Å². The summed E-state index contributed by atoms with van der Waals surface area (Å²) in [4.78, 5) is 3.20. The van der Waals surface area contributed by atoms with Gasteiger partial charge in [-0.25, -0.2) is 0 Å². The molecule has 0 amide bonds. The summed E-state index contributed by atoms with van der Waals surface area (Å²) in [5.74, 6) is 0. The smallest absolute Gasteiger partial charge is 0.0455 e. The van der Waals surface area contributed by atoms with E-state index in [1.807, 2.05) is 6.20 Å². The second-order valence-electron chi connectivity index (χ2n) is 3.91. The van der Waals surface area contributed by atoms with E-state index in [9.17, 15) is 0 Å². The summed E-state index contributed by atoms with van der Waals surface area (Å²) < 4.78 is 0. The fourth-order valence-corrected chi connectivity index (χ4v) is 1.77. The molecule has 1 aromatic carbocycles. The van der Waals surface area contributed by atoms with E-state index in [1.54, 1.807) is 0 Å². The maximum atomic E-state index is 3.45. The van der Waals surface area contributed by atoms with Crippen LogP contribution in [-0.2, 0) is 0 Å². The number of hydrogen-bond donors (Lipinski definition) is 2. The molecular formula is C13H18N2. The predicted molar refractivity (Wildman–Crippen MR) is 66.3 cm³/mol. The van der Waals surface area contributed by atoms with E-state index in [1.165, 1.54) is 35.9 Å². The molecule has 1 heterocycles. The van der Waals surface area contributed by atoms with Crippen LogP contribution in [0.1, 0.15) is 26.2 Å². The highest BCUT2D eigenvalue weighted by Crippen LogP contribution is 2.17. The molecule has 0 aliphatic rings. The maximum absolute atomic E-state index is 3.45. The van der Waals surface area contributed by atoms with Crippen LogP contribution < -0.4 is 5.32 Å². The fourth-order valence-electron chi connectivity index (χ4n) is 1.77. The molecule has 2 heteroatoms. The molecule has 0 saturated heterocycles. The van der Waals surface area contributed by atoms with Crippen molar-refractivity contribution >= 4 is 16.6 Å². The van der Waals surface area contributed by atoms with Crippen molar-refractivity contribution in [1.29, 1.82) is 0 Å². The van der Waals surface area contributed by atoms with E-state index in [-0.39, 0.29) is 0 Å². The third-order valence-corrected chi connectivity index (χ3v) is 2.66. The first-order valence-corrected chi connectivity index (χ1v) is 5.71. The SMILES string of the molecule is CCCCCNc1ccc2[nH]ccc2c1. The molecular weight excluding hydrogens is 184 g/mol. The molecule has 2 nitrogen and oxygen atoms in total. The summed E-state index contributed by atoms with van der Waals surface area (Å²) in [7, 11) is 0. The van der Waals surface area contributed by atoms with E-state index in [2.05, 4.69) is 41.5 Å². The van der Waals surface area contributed by atoms with Crippen LogP contribution in [0.2, 0.25) is 0 Å². The van der Waals surface area contributed by atoms with Crippen molar-refractivity contribution in [2.75, 3.05) is 11.9 Å². The Morgan fingerprint density at radius 2 is 2.13 bits per heavy atom. The van der Waals surface area contributed by atoms with Crippen LogP contribution in [0.3, 0.4) is 0 Å². The normalized spacial score (nSPS) is 10.7. The molecule has 15 heavy (non-hydrogen) atoms. The number of aromatic amines is 1. The number of anilines is 1. The molecule has 0 radical (unpaired) electrons. The van der Waals surface area contributed by atoms with Crippen LogP contribution in [0.25, 0.3) is 10.9 Å². The zero-order valence-corrected chi connectivity index (χ0v) is 9.22.